The lowest BCUT2D eigenvalue weighted by molar-refractivity contribution is -0.126. The zero-order chi connectivity index (χ0) is 15.4. The van der Waals surface area contributed by atoms with Gasteiger partial charge >= 0.3 is 0 Å². The molecule has 0 aromatic carbocycles. The largest absolute Gasteiger partial charge is 0.355 e. The normalized spacial score (nSPS) is 22.9. The summed E-state index contributed by atoms with van der Waals surface area (Å²) in [7, 11) is 2.08. The predicted molar refractivity (Wildman–Crippen MR) is 83.5 cm³/mol. The minimum absolute atomic E-state index is 0.137. The molecule has 1 aromatic heterocycles. The number of rotatable bonds is 4. The summed E-state index contributed by atoms with van der Waals surface area (Å²) in [5.41, 5.74) is 0. The molecule has 0 radical (unpaired) electrons. The Hall–Kier alpha value is -1.47. The number of amides is 1. The van der Waals surface area contributed by atoms with E-state index in [1.807, 2.05) is 0 Å². The van der Waals surface area contributed by atoms with Crippen LogP contribution in [0.15, 0.2) is 0 Å². The lowest BCUT2D eigenvalue weighted by Gasteiger charge is -2.28. The maximum Gasteiger partial charge on any atom is 0.224 e. The fraction of sp³-hybridized carbons (Fsp3) is 0.800. The highest BCUT2D eigenvalue weighted by Crippen LogP contribution is 2.15. The van der Waals surface area contributed by atoms with Crippen molar-refractivity contribution >= 4 is 5.91 Å². The van der Waals surface area contributed by atoms with E-state index < -0.39 is 0 Å². The van der Waals surface area contributed by atoms with Gasteiger partial charge in [0.2, 0.25) is 5.91 Å². The van der Waals surface area contributed by atoms with Crippen molar-refractivity contribution in [1.82, 2.24) is 30.3 Å². The molecule has 7 heteroatoms. The van der Waals surface area contributed by atoms with Gasteiger partial charge in [-0.15, -0.1) is 10.2 Å². The Morgan fingerprint density at radius 1 is 1.36 bits per heavy atom. The summed E-state index contributed by atoms with van der Waals surface area (Å²) >= 11 is 0. The van der Waals surface area contributed by atoms with Crippen LogP contribution in [0.1, 0.15) is 24.5 Å². The summed E-state index contributed by atoms with van der Waals surface area (Å²) in [4.78, 5) is 14.5. The quantitative estimate of drug-likeness (QED) is 0.779. The fourth-order valence-corrected chi connectivity index (χ4v) is 3.34. The first kappa shape index (κ1) is 15.4. The highest BCUT2D eigenvalue weighted by atomic mass is 16.1. The maximum atomic E-state index is 12.2. The van der Waals surface area contributed by atoms with Crippen LogP contribution in [0.3, 0.4) is 0 Å². The van der Waals surface area contributed by atoms with Gasteiger partial charge in [0.05, 0.1) is 5.92 Å². The van der Waals surface area contributed by atoms with Crippen LogP contribution in [0.25, 0.3) is 0 Å². The van der Waals surface area contributed by atoms with Gasteiger partial charge in [-0.25, -0.2) is 0 Å². The van der Waals surface area contributed by atoms with Gasteiger partial charge in [-0.3, -0.25) is 4.79 Å². The molecule has 3 rings (SSSR count). The van der Waals surface area contributed by atoms with Crippen LogP contribution < -0.4 is 10.6 Å². The lowest BCUT2D eigenvalue weighted by atomic mass is 9.97. The van der Waals surface area contributed by atoms with E-state index in [4.69, 9.17) is 0 Å². The number of aromatic nitrogens is 3. The molecule has 1 fully saturated rings. The standard InChI is InChI=1S/C15H26N6O/c1-20-9-2-3-12(11-20)15(22)17-7-5-14-19-18-13-4-6-16-8-10-21(13)14/h12,16H,2-11H2,1H3,(H,17,22)/t12-/m0/s1. The smallest absolute Gasteiger partial charge is 0.224 e. The summed E-state index contributed by atoms with van der Waals surface area (Å²) in [6.07, 6.45) is 3.79. The monoisotopic (exact) mass is 306 g/mol. The molecule has 0 unspecified atom stereocenters. The molecule has 22 heavy (non-hydrogen) atoms. The van der Waals surface area contributed by atoms with Crippen molar-refractivity contribution < 1.29 is 4.79 Å². The Morgan fingerprint density at radius 2 is 2.27 bits per heavy atom. The number of nitrogens with zero attached hydrogens (tertiary/aromatic N) is 4. The highest BCUT2D eigenvalue weighted by molar-refractivity contribution is 5.78. The summed E-state index contributed by atoms with van der Waals surface area (Å²) in [5.74, 6) is 2.36. The predicted octanol–water partition coefficient (Wildman–Crippen LogP) is -0.576. The molecule has 0 aliphatic carbocycles. The van der Waals surface area contributed by atoms with E-state index in [1.165, 1.54) is 0 Å². The number of hydrogen-bond acceptors (Lipinski definition) is 5. The molecule has 2 aliphatic heterocycles. The number of nitrogens with one attached hydrogen (secondary N) is 2. The minimum atomic E-state index is 0.137. The Bertz CT molecular complexity index is 514. The molecular formula is C15H26N6O. The zero-order valence-electron chi connectivity index (χ0n) is 13.3. The Labute approximate surface area is 131 Å². The molecule has 122 valence electrons. The van der Waals surface area contributed by atoms with Gasteiger partial charge in [0, 0.05) is 45.6 Å². The van der Waals surface area contributed by atoms with Gasteiger partial charge in [0.15, 0.2) is 0 Å². The summed E-state index contributed by atoms with van der Waals surface area (Å²) < 4.78 is 2.19. The van der Waals surface area contributed by atoms with Crippen molar-refractivity contribution in [2.75, 3.05) is 39.8 Å². The van der Waals surface area contributed by atoms with Gasteiger partial charge < -0.3 is 20.1 Å². The summed E-state index contributed by atoms with van der Waals surface area (Å²) in [6, 6.07) is 0. The lowest BCUT2D eigenvalue weighted by Crippen LogP contribution is -2.42. The van der Waals surface area contributed by atoms with Crippen molar-refractivity contribution in [2.24, 2.45) is 5.92 Å². The van der Waals surface area contributed by atoms with E-state index in [-0.39, 0.29) is 11.8 Å². The molecule has 1 aromatic rings. The van der Waals surface area contributed by atoms with E-state index >= 15 is 0 Å². The van der Waals surface area contributed by atoms with Crippen LogP contribution in [0, 0.1) is 5.92 Å². The molecule has 3 heterocycles. The topological polar surface area (TPSA) is 75.1 Å². The third-order valence-electron chi connectivity index (χ3n) is 4.58. The molecular weight excluding hydrogens is 280 g/mol. The third-order valence-corrected chi connectivity index (χ3v) is 4.58. The Kier molecular flexibility index (Phi) is 5.04. The first-order chi connectivity index (χ1) is 10.7. The molecule has 7 nitrogen and oxygen atoms in total. The van der Waals surface area contributed by atoms with Crippen molar-refractivity contribution in [3.8, 4) is 0 Å². The van der Waals surface area contributed by atoms with Crippen LogP contribution in [0.2, 0.25) is 0 Å². The van der Waals surface area contributed by atoms with Crippen molar-refractivity contribution in [1.29, 1.82) is 0 Å². The van der Waals surface area contributed by atoms with Gasteiger partial charge in [0.25, 0.3) is 0 Å². The molecule has 1 amide bonds. The first-order valence-corrected chi connectivity index (χ1v) is 8.32. The molecule has 0 saturated carbocycles. The second-order valence-electron chi connectivity index (χ2n) is 6.33. The van der Waals surface area contributed by atoms with Crippen molar-refractivity contribution in [2.45, 2.75) is 32.2 Å². The molecule has 1 saturated heterocycles. The number of fused-ring (bicyclic) bond motifs is 1. The summed E-state index contributed by atoms with van der Waals surface area (Å²) in [5, 5.41) is 15.0. The second kappa shape index (κ2) is 7.19. The van der Waals surface area contributed by atoms with E-state index in [9.17, 15) is 4.79 Å². The van der Waals surface area contributed by atoms with Crippen molar-refractivity contribution in [3.63, 3.8) is 0 Å². The van der Waals surface area contributed by atoms with Gasteiger partial charge in [-0.2, -0.15) is 0 Å². The molecule has 0 spiro atoms. The number of hydrogen-bond donors (Lipinski definition) is 2. The van der Waals surface area contributed by atoms with Crippen LogP contribution in [-0.4, -0.2) is 65.3 Å². The number of likely N-dealkylation sites (tertiary alicyclic amines) is 1. The second-order valence-corrected chi connectivity index (χ2v) is 6.33. The SMILES string of the molecule is CN1CCC[C@H](C(=O)NCCc2nnc3n2CCNCC3)C1. The van der Waals surface area contributed by atoms with E-state index in [1.54, 1.807) is 0 Å². The van der Waals surface area contributed by atoms with Crippen LogP contribution in [0.4, 0.5) is 0 Å². The first-order valence-electron chi connectivity index (χ1n) is 8.32. The van der Waals surface area contributed by atoms with Gasteiger partial charge in [-0.05, 0) is 26.4 Å². The average Bonchev–Trinajstić information content (AvgIpc) is 2.75. The van der Waals surface area contributed by atoms with Crippen LogP contribution in [-0.2, 0) is 24.2 Å². The van der Waals surface area contributed by atoms with Gasteiger partial charge in [0.1, 0.15) is 11.6 Å². The van der Waals surface area contributed by atoms with Gasteiger partial charge in [-0.1, -0.05) is 0 Å². The van der Waals surface area contributed by atoms with Crippen LogP contribution >= 0.6 is 0 Å². The number of piperidine rings is 1. The van der Waals surface area contributed by atoms with E-state index in [2.05, 4.69) is 37.3 Å². The maximum absolute atomic E-state index is 12.2. The molecule has 2 N–H and O–H groups in total. The zero-order valence-corrected chi connectivity index (χ0v) is 13.3. The third kappa shape index (κ3) is 3.64. The van der Waals surface area contributed by atoms with E-state index in [0.717, 1.165) is 70.1 Å². The average molecular weight is 306 g/mol. The number of carbonyl (C=O) groups is 1. The number of carbonyl (C=O) groups excluding carboxylic acids is 1. The van der Waals surface area contributed by atoms with Crippen molar-refractivity contribution in [3.05, 3.63) is 11.6 Å². The fourth-order valence-electron chi connectivity index (χ4n) is 3.34. The summed E-state index contributed by atoms with van der Waals surface area (Å²) in [6.45, 7) is 5.45. The minimum Gasteiger partial charge on any atom is -0.355 e. The molecule has 0 bridgehead atoms. The molecule has 1 atom stereocenters. The van der Waals surface area contributed by atoms with E-state index in [0.29, 0.717) is 6.54 Å². The van der Waals surface area contributed by atoms with Crippen LogP contribution in [0.5, 0.6) is 0 Å². The Balaban J connectivity index is 1.49. The molecule has 2 aliphatic rings. The Morgan fingerprint density at radius 3 is 3.14 bits per heavy atom. The highest BCUT2D eigenvalue weighted by Gasteiger charge is 2.23.